The number of benzene rings is 2. The van der Waals surface area contributed by atoms with Crippen molar-refractivity contribution in [3.05, 3.63) is 92.0 Å². The van der Waals surface area contributed by atoms with E-state index in [0.29, 0.717) is 12.0 Å². The number of nitrogens with zero attached hydrogens (tertiary/aromatic N) is 2. The molecule has 3 rings (SSSR count). The SMILES string of the molecule is O=C1C=CC[C@@H](c2ccc([N+](=O)[O-])cc2)[C@@H]1c1ccc([N+](=O)[O-])cc1. The molecule has 0 aromatic heterocycles. The zero-order valence-electron chi connectivity index (χ0n) is 13.1. The van der Waals surface area contributed by atoms with E-state index in [0.717, 1.165) is 5.56 Å². The lowest BCUT2D eigenvalue weighted by Crippen LogP contribution is -2.22. The summed E-state index contributed by atoms with van der Waals surface area (Å²) in [6, 6.07) is 12.1. The van der Waals surface area contributed by atoms with Gasteiger partial charge in [0.25, 0.3) is 11.4 Å². The molecule has 0 spiro atoms. The van der Waals surface area contributed by atoms with Gasteiger partial charge in [-0.05, 0) is 23.6 Å². The number of carbonyl (C=O) groups is 1. The van der Waals surface area contributed by atoms with Gasteiger partial charge in [0.2, 0.25) is 0 Å². The molecule has 0 N–H and O–H groups in total. The Labute approximate surface area is 142 Å². The summed E-state index contributed by atoms with van der Waals surface area (Å²) >= 11 is 0. The van der Waals surface area contributed by atoms with E-state index in [1.54, 1.807) is 30.3 Å². The second-order valence-corrected chi connectivity index (χ2v) is 5.82. The lowest BCUT2D eigenvalue weighted by Gasteiger charge is -2.28. The normalized spacial score (nSPS) is 19.6. The first-order chi connectivity index (χ1) is 12.0. The summed E-state index contributed by atoms with van der Waals surface area (Å²) in [5, 5.41) is 21.6. The van der Waals surface area contributed by atoms with Crippen LogP contribution >= 0.6 is 0 Å². The highest BCUT2D eigenvalue weighted by atomic mass is 16.6. The molecular weight excluding hydrogens is 324 g/mol. The highest BCUT2D eigenvalue weighted by molar-refractivity contribution is 5.97. The maximum Gasteiger partial charge on any atom is 0.269 e. The molecule has 7 heteroatoms. The van der Waals surface area contributed by atoms with Crippen molar-refractivity contribution in [1.82, 2.24) is 0 Å². The molecule has 2 aromatic rings. The summed E-state index contributed by atoms with van der Waals surface area (Å²) in [6.07, 6.45) is 3.93. The third-order valence-corrected chi connectivity index (χ3v) is 4.38. The first-order valence-electron chi connectivity index (χ1n) is 7.66. The summed E-state index contributed by atoms with van der Waals surface area (Å²) in [6.45, 7) is 0. The second kappa shape index (κ2) is 6.64. The molecule has 0 amide bonds. The molecule has 0 unspecified atom stereocenters. The fourth-order valence-corrected chi connectivity index (χ4v) is 3.14. The maximum atomic E-state index is 12.4. The van der Waals surface area contributed by atoms with Crippen molar-refractivity contribution in [3.8, 4) is 0 Å². The molecule has 126 valence electrons. The van der Waals surface area contributed by atoms with Crippen molar-refractivity contribution in [2.45, 2.75) is 18.3 Å². The predicted molar refractivity (Wildman–Crippen MR) is 90.4 cm³/mol. The van der Waals surface area contributed by atoms with E-state index in [1.807, 2.05) is 0 Å². The minimum absolute atomic E-state index is 0.00619. The van der Waals surface area contributed by atoms with E-state index >= 15 is 0 Å². The van der Waals surface area contributed by atoms with Crippen LogP contribution in [0, 0.1) is 20.2 Å². The first kappa shape index (κ1) is 16.5. The van der Waals surface area contributed by atoms with Gasteiger partial charge in [0.1, 0.15) is 0 Å². The lowest BCUT2D eigenvalue weighted by atomic mass is 9.74. The zero-order chi connectivity index (χ0) is 18.0. The number of nitro groups is 2. The summed E-state index contributed by atoms with van der Waals surface area (Å²) in [5.74, 6) is -0.713. The molecule has 25 heavy (non-hydrogen) atoms. The van der Waals surface area contributed by atoms with Crippen LogP contribution < -0.4 is 0 Å². The lowest BCUT2D eigenvalue weighted by molar-refractivity contribution is -0.385. The molecule has 1 aliphatic rings. The van der Waals surface area contributed by atoms with Gasteiger partial charge in [0.15, 0.2) is 5.78 Å². The van der Waals surface area contributed by atoms with E-state index in [1.165, 1.54) is 30.3 Å². The van der Waals surface area contributed by atoms with Crippen LogP contribution in [0.2, 0.25) is 0 Å². The minimum atomic E-state index is -0.486. The van der Waals surface area contributed by atoms with E-state index in [2.05, 4.69) is 0 Å². The van der Waals surface area contributed by atoms with Gasteiger partial charge in [-0.15, -0.1) is 0 Å². The summed E-state index contributed by atoms with van der Waals surface area (Å²) < 4.78 is 0. The van der Waals surface area contributed by atoms with Crippen LogP contribution in [0.15, 0.2) is 60.7 Å². The van der Waals surface area contributed by atoms with Gasteiger partial charge in [-0.2, -0.15) is 0 Å². The molecule has 0 radical (unpaired) electrons. The summed E-state index contributed by atoms with van der Waals surface area (Å²) in [7, 11) is 0. The molecule has 0 saturated carbocycles. The van der Waals surface area contributed by atoms with Crippen molar-refractivity contribution in [3.63, 3.8) is 0 Å². The fraction of sp³-hybridized carbons (Fsp3) is 0.167. The highest BCUT2D eigenvalue weighted by Gasteiger charge is 2.32. The highest BCUT2D eigenvalue weighted by Crippen LogP contribution is 2.40. The Balaban J connectivity index is 1.96. The van der Waals surface area contributed by atoms with E-state index in [4.69, 9.17) is 0 Å². The van der Waals surface area contributed by atoms with Gasteiger partial charge < -0.3 is 0 Å². The van der Waals surface area contributed by atoms with E-state index in [-0.39, 0.29) is 23.1 Å². The Hall–Kier alpha value is -3.35. The van der Waals surface area contributed by atoms with E-state index in [9.17, 15) is 25.0 Å². The Morgan fingerprint density at radius 1 is 0.800 bits per heavy atom. The van der Waals surface area contributed by atoms with Crippen LogP contribution in [0.1, 0.15) is 29.4 Å². The van der Waals surface area contributed by atoms with Gasteiger partial charge >= 0.3 is 0 Å². The molecular formula is C18H14N2O5. The van der Waals surface area contributed by atoms with Crippen molar-refractivity contribution >= 4 is 17.2 Å². The predicted octanol–water partition coefficient (Wildman–Crippen LogP) is 3.90. The van der Waals surface area contributed by atoms with Crippen LogP contribution in [0.3, 0.4) is 0 Å². The van der Waals surface area contributed by atoms with Crippen LogP contribution in [0.25, 0.3) is 0 Å². The first-order valence-corrected chi connectivity index (χ1v) is 7.66. The zero-order valence-corrected chi connectivity index (χ0v) is 13.1. The van der Waals surface area contributed by atoms with Gasteiger partial charge in [0.05, 0.1) is 15.8 Å². The summed E-state index contributed by atoms with van der Waals surface area (Å²) in [4.78, 5) is 33.1. The second-order valence-electron chi connectivity index (χ2n) is 5.82. The van der Waals surface area contributed by atoms with Crippen molar-refractivity contribution in [1.29, 1.82) is 0 Å². The largest absolute Gasteiger partial charge is 0.294 e. The van der Waals surface area contributed by atoms with Crippen LogP contribution in [0.4, 0.5) is 11.4 Å². The van der Waals surface area contributed by atoms with Crippen LogP contribution in [0.5, 0.6) is 0 Å². The molecule has 2 aromatic carbocycles. The molecule has 0 bridgehead atoms. The Kier molecular flexibility index (Phi) is 4.38. The molecule has 0 fully saturated rings. The molecule has 2 atom stereocenters. The van der Waals surface area contributed by atoms with Gasteiger partial charge in [-0.25, -0.2) is 0 Å². The topological polar surface area (TPSA) is 103 Å². The van der Waals surface area contributed by atoms with Crippen LogP contribution in [-0.4, -0.2) is 15.6 Å². The van der Waals surface area contributed by atoms with E-state index < -0.39 is 15.8 Å². The smallest absolute Gasteiger partial charge is 0.269 e. The quantitative estimate of drug-likeness (QED) is 0.621. The van der Waals surface area contributed by atoms with Gasteiger partial charge in [-0.1, -0.05) is 30.3 Å². The van der Waals surface area contributed by atoms with Crippen molar-refractivity contribution in [2.24, 2.45) is 0 Å². The Bertz CT molecular complexity index is 856. The number of ketones is 1. The third kappa shape index (κ3) is 3.30. The van der Waals surface area contributed by atoms with Crippen molar-refractivity contribution in [2.75, 3.05) is 0 Å². The molecule has 7 nitrogen and oxygen atoms in total. The monoisotopic (exact) mass is 338 g/mol. The van der Waals surface area contributed by atoms with Crippen LogP contribution in [-0.2, 0) is 4.79 Å². The van der Waals surface area contributed by atoms with Gasteiger partial charge in [-0.3, -0.25) is 25.0 Å². The fourth-order valence-electron chi connectivity index (χ4n) is 3.14. The Morgan fingerprint density at radius 3 is 1.76 bits per heavy atom. The number of non-ortho nitro benzene ring substituents is 2. The molecule has 0 heterocycles. The van der Waals surface area contributed by atoms with Gasteiger partial charge in [0, 0.05) is 30.2 Å². The summed E-state index contributed by atoms with van der Waals surface area (Å²) in [5.41, 5.74) is 1.48. The number of carbonyl (C=O) groups excluding carboxylic acids is 1. The number of hydrogen-bond donors (Lipinski definition) is 0. The average molecular weight is 338 g/mol. The average Bonchev–Trinajstić information content (AvgIpc) is 2.61. The molecule has 1 aliphatic carbocycles. The number of rotatable bonds is 4. The molecule has 0 saturated heterocycles. The third-order valence-electron chi connectivity index (χ3n) is 4.38. The number of nitro benzene ring substituents is 2. The minimum Gasteiger partial charge on any atom is -0.294 e. The standard InChI is InChI=1S/C18H14N2O5/c21-17-3-1-2-16(12-4-8-14(9-5-12)19(22)23)18(17)13-6-10-15(11-7-13)20(24)25/h1,3-11,16,18H,2H2/t16-,18-/m0/s1. The van der Waals surface area contributed by atoms with Crippen molar-refractivity contribution < 1.29 is 14.6 Å². The Morgan fingerprint density at radius 2 is 1.28 bits per heavy atom. The number of hydrogen-bond acceptors (Lipinski definition) is 5. The number of allylic oxidation sites excluding steroid dienone is 2. The maximum absolute atomic E-state index is 12.4. The molecule has 0 aliphatic heterocycles.